The van der Waals surface area contributed by atoms with Crippen LogP contribution in [0.15, 0.2) is 34.9 Å². The number of rotatable bonds is 4. The molecular weight excluding hydrogens is 524 g/mol. The Hall–Kier alpha value is -3.66. The van der Waals surface area contributed by atoms with Crippen molar-refractivity contribution < 1.29 is 40.6 Å². The van der Waals surface area contributed by atoms with Crippen LogP contribution in [0.2, 0.25) is 0 Å². The van der Waals surface area contributed by atoms with Gasteiger partial charge in [0.2, 0.25) is 0 Å². The molecule has 0 aliphatic rings. The number of anilines is 1. The van der Waals surface area contributed by atoms with Crippen LogP contribution in [0.3, 0.4) is 0 Å². The maximum Gasteiger partial charge on any atom is 0.416 e. The molecule has 1 heterocycles. The molecule has 0 bridgehead atoms. The van der Waals surface area contributed by atoms with Crippen molar-refractivity contribution >= 4 is 27.6 Å². The van der Waals surface area contributed by atoms with Gasteiger partial charge in [0.25, 0.3) is 0 Å². The lowest BCUT2D eigenvalue weighted by atomic mass is 10.2. The molecule has 2 N–H and O–H groups in total. The maximum atomic E-state index is 14.8. The minimum Gasteiger partial charge on any atom is -0.464 e. The van der Waals surface area contributed by atoms with E-state index >= 15 is 0 Å². The van der Waals surface area contributed by atoms with Crippen molar-refractivity contribution in [2.24, 2.45) is 0 Å². The second-order valence-electron chi connectivity index (χ2n) is 6.38. The van der Waals surface area contributed by atoms with Crippen LogP contribution < -0.4 is 10.5 Å². The van der Waals surface area contributed by atoms with Crippen LogP contribution in [-0.2, 0) is 10.9 Å². The van der Waals surface area contributed by atoms with Crippen molar-refractivity contribution in [3.8, 4) is 23.3 Å². The van der Waals surface area contributed by atoms with Crippen LogP contribution in [-0.4, -0.2) is 17.6 Å². The number of alkyl halides is 3. The molecular formula is C20H10BrF6N3O3. The fraction of sp³-hybridized carbons (Fsp3) is 0.100. The lowest BCUT2D eigenvalue weighted by Crippen LogP contribution is -2.12. The van der Waals surface area contributed by atoms with E-state index in [4.69, 9.17) is 10.5 Å². The van der Waals surface area contributed by atoms with Crippen LogP contribution in [0.4, 0.5) is 32.0 Å². The van der Waals surface area contributed by atoms with Crippen molar-refractivity contribution in [3.05, 3.63) is 69.2 Å². The second kappa shape index (κ2) is 8.70. The lowest BCUT2D eigenvalue weighted by Gasteiger charge is -2.17. The summed E-state index contributed by atoms with van der Waals surface area (Å²) in [5, 5.41) is 9.23. The van der Waals surface area contributed by atoms with E-state index in [0.29, 0.717) is 0 Å². The van der Waals surface area contributed by atoms with Gasteiger partial charge in [-0.1, -0.05) is 15.9 Å². The number of halogens is 7. The van der Waals surface area contributed by atoms with Gasteiger partial charge in [-0.3, -0.25) is 0 Å². The molecule has 0 fully saturated rings. The number of carbonyl (C=O) groups excluding carboxylic acids is 1. The van der Waals surface area contributed by atoms with Crippen LogP contribution in [0.5, 0.6) is 11.5 Å². The number of nitrogens with two attached hydrogens (primary N) is 1. The molecule has 6 nitrogen and oxygen atoms in total. The molecule has 3 rings (SSSR count). The van der Waals surface area contributed by atoms with E-state index < -0.39 is 52.4 Å². The molecule has 0 aliphatic heterocycles. The zero-order chi connectivity index (χ0) is 24.7. The fourth-order valence-corrected chi connectivity index (χ4v) is 3.27. The molecule has 0 atom stereocenters. The fourth-order valence-electron chi connectivity index (χ4n) is 2.85. The minimum atomic E-state index is -5.04. The summed E-state index contributed by atoms with van der Waals surface area (Å²) in [6.07, 6.45) is -4.02. The molecule has 0 aliphatic carbocycles. The van der Waals surface area contributed by atoms with Crippen LogP contribution >= 0.6 is 15.9 Å². The Labute approximate surface area is 189 Å². The number of nitriles is 1. The number of methoxy groups -OCH3 is 1. The van der Waals surface area contributed by atoms with E-state index in [2.05, 4.69) is 20.7 Å². The standard InChI is InChI=1S/C20H10BrF6N3O3/c1-32-19(31)16-15(29)8(6-28)7-30(16)14-5-10(21)4-13(24)18(14)33-17-11(22)2-9(3-12(17)23)20(25,26)27/h2-5,7H,29H2,1H3. The van der Waals surface area contributed by atoms with Gasteiger partial charge < -0.3 is 19.8 Å². The molecule has 2 aromatic carbocycles. The average Bonchev–Trinajstić information content (AvgIpc) is 3.06. The summed E-state index contributed by atoms with van der Waals surface area (Å²) in [6, 6.07) is 3.68. The van der Waals surface area contributed by atoms with Gasteiger partial charge in [-0.05, 0) is 24.3 Å². The highest BCUT2D eigenvalue weighted by molar-refractivity contribution is 9.10. The average molecular weight is 534 g/mol. The third-order valence-electron chi connectivity index (χ3n) is 4.32. The summed E-state index contributed by atoms with van der Waals surface area (Å²) in [7, 11) is 1.01. The molecule has 0 unspecified atom stereocenters. The number of hydrogen-bond donors (Lipinski definition) is 1. The summed E-state index contributed by atoms with van der Waals surface area (Å²) >= 11 is 3.02. The van der Waals surface area contributed by atoms with Gasteiger partial charge in [0, 0.05) is 10.7 Å². The van der Waals surface area contributed by atoms with Gasteiger partial charge in [0.1, 0.15) is 6.07 Å². The normalized spacial score (nSPS) is 11.2. The second-order valence-corrected chi connectivity index (χ2v) is 7.30. The summed E-state index contributed by atoms with van der Waals surface area (Å²) < 4.78 is 92.5. The predicted octanol–water partition coefficient (Wildman–Crippen LogP) is 5.71. The Bertz CT molecular complexity index is 1290. The largest absolute Gasteiger partial charge is 0.464 e. The Morgan fingerprint density at radius 1 is 1.09 bits per heavy atom. The van der Waals surface area contributed by atoms with Crippen LogP contribution in [0.1, 0.15) is 21.6 Å². The summed E-state index contributed by atoms with van der Waals surface area (Å²) in [5.74, 6) is -7.96. The minimum absolute atomic E-state index is 0.0177. The van der Waals surface area contributed by atoms with E-state index in [1.807, 2.05) is 0 Å². The first-order valence-electron chi connectivity index (χ1n) is 8.61. The quantitative estimate of drug-likeness (QED) is 0.342. The third-order valence-corrected chi connectivity index (χ3v) is 4.78. The number of hydrogen-bond acceptors (Lipinski definition) is 5. The molecule has 3 aromatic rings. The zero-order valence-electron chi connectivity index (χ0n) is 16.2. The van der Waals surface area contributed by atoms with Gasteiger partial charge in [-0.15, -0.1) is 0 Å². The number of aromatic nitrogens is 1. The van der Waals surface area contributed by atoms with Crippen LogP contribution in [0, 0.1) is 28.8 Å². The lowest BCUT2D eigenvalue weighted by molar-refractivity contribution is -0.138. The summed E-state index contributed by atoms with van der Waals surface area (Å²) in [6.45, 7) is 0. The van der Waals surface area contributed by atoms with Gasteiger partial charge in [0.15, 0.2) is 34.6 Å². The molecule has 0 saturated heterocycles. The molecule has 1 aromatic heterocycles. The third kappa shape index (κ3) is 4.47. The van der Waals surface area contributed by atoms with E-state index in [-0.39, 0.29) is 33.5 Å². The van der Waals surface area contributed by atoms with Crippen molar-refractivity contribution in [2.75, 3.05) is 12.8 Å². The maximum absolute atomic E-state index is 14.8. The predicted molar refractivity (Wildman–Crippen MR) is 105 cm³/mol. The number of esters is 1. The zero-order valence-corrected chi connectivity index (χ0v) is 17.8. The van der Waals surface area contributed by atoms with Crippen molar-refractivity contribution in [1.29, 1.82) is 5.26 Å². The summed E-state index contributed by atoms with van der Waals surface area (Å²) in [5.41, 5.74) is 2.84. The Morgan fingerprint density at radius 3 is 2.18 bits per heavy atom. The van der Waals surface area contributed by atoms with Crippen LogP contribution in [0.25, 0.3) is 5.69 Å². The monoisotopic (exact) mass is 533 g/mol. The van der Waals surface area contributed by atoms with Gasteiger partial charge in [-0.25, -0.2) is 18.0 Å². The van der Waals surface area contributed by atoms with Gasteiger partial charge in [0.05, 0.1) is 29.6 Å². The SMILES string of the molecule is COC(=O)c1c(N)c(C#N)cn1-c1cc(Br)cc(F)c1Oc1c(F)cc(C(F)(F)F)cc1F. The van der Waals surface area contributed by atoms with Crippen molar-refractivity contribution in [1.82, 2.24) is 4.57 Å². The Kier molecular flexibility index (Phi) is 6.33. The van der Waals surface area contributed by atoms with Crippen molar-refractivity contribution in [2.45, 2.75) is 6.18 Å². The topological polar surface area (TPSA) is 90.3 Å². The number of nitrogens with zero attached hydrogens (tertiary/aromatic N) is 2. The molecule has 0 spiro atoms. The highest BCUT2D eigenvalue weighted by Gasteiger charge is 2.34. The molecule has 0 saturated carbocycles. The summed E-state index contributed by atoms with van der Waals surface area (Å²) in [4.78, 5) is 12.2. The van der Waals surface area contributed by atoms with Gasteiger partial charge in [-0.2, -0.15) is 18.4 Å². The van der Waals surface area contributed by atoms with Crippen molar-refractivity contribution in [3.63, 3.8) is 0 Å². The number of benzene rings is 2. The van der Waals surface area contributed by atoms with Gasteiger partial charge >= 0.3 is 12.1 Å². The highest BCUT2D eigenvalue weighted by atomic mass is 79.9. The first-order valence-corrected chi connectivity index (χ1v) is 9.41. The molecule has 0 radical (unpaired) electrons. The first kappa shape index (κ1) is 24.0. The molecule has 0 amide bonds. The van der Waals surface area contributed by atoms with E-state index in [1.165, 1.54) is 0 Å². The number of ether oxygens (including phenoxy) is 2. The first-order chi connectivity index (χ1) is 15.4. The molecule has 172 valence electrons. The van der Waals surface area contributed by atoms with E-state index in [0.717, 1.165) is 30.0 Å². The Balaban J connectivity index is 2.26. The highest BCUT2D eigenvalue weighted by Crippen LogP contribution is 2.40. The number of carbonyl (C=O) groups is 1. The molecule has 33 heavy (non-hydrogen) atoms. The smallest absolute Gasteiger partial charge is 0.416 e. The Morgan fingerprint density at radius 2 is 1.67 bits per heavy atom. The molecule has 13 heteroatoms. The van der Waals surface area contributed by atoms with E-state index in [1.54, 1.807) is 6.07 Å². The van der Waals surface area contributed by atoms with E-state index in [9.17, 15) is 36.4 Å². The number of nitrogen functional groups attached to an aromatic ring is 1.